The zero-order chi connectivity index (χ0) is 14.0. The first kappa shape index (κ1) is 13.4. The molecule has 0 fully saturated rings. The molecular weight excluding hydrogens is 286 g/mol. The van der Waals surface area contributed by atoms with E-state index in [1.165, 1.54) is 29.2 Å². The molecule has 0 spiro atoms. The van der Waals surface area contributed by atoms with Gasteiger partial charge in [0.1, 0.15) is 15.7 Å². The molecule has 0 saturated carbocycles. The number of hydrogen-bond donors (Lipinski definition) is 2. The maximum atomic E-state index is 12.1. The van der Waals surface area contributed by atoms with E-state index in [-0.39, 0.29) is 9.88 Å². The lowest BCUT2D eigenvalue weighted by molar-refractivity contribution is 0.600. The molecule has 0 unspecified atom stereocenters. The molecule has 2 aromatic heterocycles. The predicted octanol–water partition coefficient (Wildman–Crippen LogP) is 0.250. The summed E-state index contributed by atoms with van der Waals surface area (Å²) in [4.78, 5) is 4.02. The number of sulfonamides is 1. The van der Waals surface area contributed by atoms with Gasteiger partial charge in [0.2, 0.25) is 0 Å². The molecule has 2 aromatic rings. The van der Waals surface area contributed by atoms with E-state index in [1.54, 1.807) is 13.1 Å². The molecule has 0 atom stereocenters. The fourth-order valence-electron chi connectivity index (χ4n) is 1.36. The average molecular weight is 297 g/mol. The Labute approximate surface area is 115 Å². The first-order chi connectivity index (χ1) is 8.90. The SMILES string of the molecule is Cn1nccc1NS(=O)(=O)c1ccc(C(N)=S)nc1. The molecule has 0 aliphatic carbocycles. The molecule has 0 saturated heterocycles. The average Bonchev–Trinajstić information content (AvgIpc) is 2.74. The van der Waals surface area contributed by atoms with Gasteiger partial charge in [-0.25, -0.2) is 8.42 Å². The van der Waals surface area contributed by atoms with Gasteiger partial charge in [-0.05, 0) is 12.1 Å². The summed E-state index contributed by atoms with van der Waals surface area (Å²) in [6, 6.07) is 4.40. The zero-order valence-electron chi connectivity index (χ0n) is 9.94. The van der Waals surface area contributed by atoms with Crippen molar-refractivity contribution >= 4 is 33.0 Å². The molecule has 19 heavy (non-hydrogen) atoms. The second-order valence-corrected chi connectivity index (χ2v) is 5.81. The van der Waals surface area contributed by atoms with Gasteiger partial charge < -0.3 is 5.73 Å². The molecular formula is C10H11N5O2S2. The first-order valence-corrected chi connectivity index (χ1v) is 7.06. The molecule has 0 aromatic carbocycles. The van der Waals surface area contributed by atoms with Crippen molar-refractivity contribution in [1.82, 2.24) is 14.8 Å². The monoisotopic (exact) mass is 297 g/mol. The molecule has 3 N–H and O–H groups in total. The van der Waals surface area contributed by atoms with Crippen LogP contribution in [0.3, 0.4) is 0 Å². The second kappa shape index (κ2) is 4.94. The van der Waals surface area contributed by atoms with Crippen LogP contribution in [-0.2, 0) is 17.1 Å². The third-order valence-electron chi connectivity index (χ3n) is 2.36. The van der Waals surface area contributed by atoms with Crippen molar-refractivity contribution in [2.75, 3.05) is 4.72 Å². The minimum atomic E-state index is -3.71. The summed E-state index contributed by atoms with van der Waals surface area (Å²) < 4.78 is 28.0. The van der Waals surface area contributed by atoms with E-state index in [2.05, 4.69) is 14.8 Å². The van der Waals surface area contributed by atoms with Crippen molar-refractivity contribution in [3.05, 3.63) is 36.3 Å². The van der Waals surface area contributed by atoms with Crippen LogP contribution in [0.4, 0.5) is 5.82 Å². The van der Waals surface area contributed by atoms with Gasteiger partial charge in [-0.15, -0.1) is 0 Å². The number of nitrogens with two attached hydrogens (primary N) is 1. The normalized spacial score (nSPS) is 11.2. The standard InChI is InChI=1S/C10H11N5O2S2/c1-15-9(4-5-13-15)14-19(16,17)7-2-3-8(10(11)18)12-6-7/h2-6,14H,1H3,(H2,11,18). The minimum Gasteiger partial charge on any atom is -0.388 e. The van der Waals surface area contributed by atoms with Crippen molar-refractivity contribution in [2.45, 2.75) is 4.90 Å². The predicted molar refractivity (Wildman–Crippen MR) is 74.1 cm³/mol. The second-order valence-electron chi connectivity index (χ2n) is 3.69. The van der Waals surface area contributed by atoms with Crippen molar-refractivity contribution < 1.29 is 8.42 Å². The molecule has 0 radical (unpaired) electrons. The Morgan fingerprint density at radius 2 is 2.16 bits per heavy atom. The fraction of sp³-hybridized carbons (Fsp3) is 0.100. The summed E-state index contributed by atoms with van der Waals surface area (Å²) in [6.45, 7) is 0. The molecule has 9 heteroatoms. The lowest BCUT2D eigenvalue weighted by atomic mass is 10.3. The van der Waals surface area contributed by atoms with Gasteiger partial charge in [0.15, 0.2) is 0 Å². The molecule has 0 aliphatic rings. The van der Waals surface area contributed by atoms with Gasteiger partial charge in [-0.3, -0.25) is 14.4 Å². The maximum Gasteiger partial charge on any atom is 0.264 e. The van der Waals surface area contributed by atoms with Gasteiger partial charge >= 0.3 is 0 Å². The third-order valence-corrected chi connectivity index (χ3v) is 3.91. The van der Waals surface area contributed by atoms with E-state index in [0.29, 0.717) is 11.5 Å². The van der Waals surface area contributed by atoms with E-state index < -0.39 is 10.0 Å². The summed E-state index contributed by atoms with van der Waals surface area (Å²) in [7, 11) is -2.07. The molecule has 7 nitrogen and oxygen atoms in total. The molecule has 0 aliphatic heterocycles. The maximum absolute atomic E-state index is 12.1. The van der Waals surface area contributed by atoms with Crippen LogP contribution < -0.4 is 10.5 Å². The lowest BCUT2D eigenvalue weighted by Crippen LogP contribution is -2.17. The summed E-state index contributed by atoms with van der Waals surface area (Å²) in [5.41, 5.74) is 5.76. The number of anilines is 1. The Balaban J connectivity index is 2.29. The van der Waals surface area contributed by atoms with Crippen molar-refractivity contribution in [3.63, 3.8) is 0 Å². The van der Waals surface area contributed by atoms with Crippen LogP contribution in [0.2, 0.25) is 0 Å². The summed E-state index contributed by atoms with van der Waals surface area (Å²) in [5, 5.41) is 3.87. The highest BCUT2D eigenvalue weighted by molar-refractivity contribution is 7.92. The van der Waals surface area contributed by atoms with E-state index in [0.717, 1.165) is 0 Å². The van der Waals surface area contributed by atoms with Gasteiger partial charge in [0.05, 0.1) is 11.9 Å². The van der Waals surface area contributed by atoms with Crippen molar-refractivity contribution in [3.8, 4) is 0 Å². The summed E-state index contributed by atoms with van der Waals surface area (Å²) >= 11 is 4.75. The van der Waals surface area contributed by atoms with E-state index in [1.807, 2.05) is 0 Å². The number of nitrogens with one attached hydrogen (secondary N) is 1. The highest BCUT2D eigenvalue weighted by Crippen LogP contribution is 2.14. The number of pyridine rings is 1. The molecule has 0 amide bonds. The number of rotatable bonds is 4. The number of aryl methyl sites for hydroxylation is 1. The van der Waals surface area contributed by atoms with Gasteiger partial charge in [0, 0.05) is 19.3 Å². The Hall–Kier alpha value is -2.00. The van der Waals surface area contributed by atoms with Gasteiger partial charge in [0.25, 0.3) is 10.0 Å². The molecule has 2 rings (SSSR count). The first-order valence-electron chi connectivity index (χ1n) is 5.17. The number of hydrogen-bond acceptors (Lipinski definition) is 5. The Morgan fingerprint density at radius 1 is 1.42 bits per heavy atom. The van der Waals surface area contributed by atoms with Gasteiger partial charge in [-0.1, -0.05) is 12.2 Å². The molecule has 0 bridgehead atoms. The lowest BCUT2D eigenvalue weighted by Gasteiger charge is -2.08. The third kappa shape index (κ3) is 2.88. The topological polar surface area (TPSA) is 103 Å². The summed E-state index contributed by atoms with van der Waals surface area (Å²) in [5.74, 6) is 0.360. The van der Waals surface area contributed by atoms with Crippen LogP contribution in [0, 0.1) is 0 Å². The van der Waals surface area contributed by atoms with Gasteiger partial charge in [-0.2, -0.15) is 5.10 Å². The molecule has 100 valence electrons. The quantitative estimate of drug-likeness (QED) is 0.784. The van der Waals surface area contributed by atoms with E-state index >= 15 is 0 Å². The van der Waals surface area contributed by atoms with E-state index in [4.69, 9.17) is 18.0 Å². The summed E-state index contributed by atoms with van der Waals surface area (Å²) in [6.07, 6.45) is 2.69. The van der Waals surface area contributed by atoms with E-state index in [9.17, 15) is 8.42 Å². The number of aromatic nitrogens is 3. The molecule has 2 heterocycles. The van der Waals surface area contributed by atoms with Crippen molar-refractivity contribution in [1.29, 1.82) is 0 Å². The highest BCUT2D eigenvalue weighted by Gasteiger charge is 2.16. The van der Waals surface area contributed by atoms with Crippen LogP contribution >= 0.6 is 12.2 Å². The largest absolute Gasteiger partial charge is 0.388 e. The Morgan fingerprint density at radius 3 is 2.63 bits per heavy atom. The van der Waals surface area contributed by atoms with Crippen LogP contribution in [0.5, 0.6) is 0 Å². The van der Waals surface area contributed by atoms with Crippen LogP contribution in [0.15, 0.2) is 35.5 Å². The van der Waals surface area contributed by atoms with Crippen LogP contribution in [-0.4, -0.2) is 28.2 Å². The Kier molecular flexibility index (Phi) is 3.49. The van der Waals surface area contributed by atoms with Crippen molar-refractivity contribution in [2.24, 2.45) is 12.8 Å². The van der Waals surface area contributed by atoms with Crippen LogP contribution in [0.25, 0.3) is 0 Å². The smallest absolute Gasteiger partial charge is 0.264 e. The zero-order valence-corrected chi connectivity index (χ0v) is 11.6. The number of nitrogens with zero attached hydrogens (tertiary/aromatic N) is 3. The Bertz CT molecular complexity index is 706. The minimum absolute atomic E-state index is 0.0219. The fourth-order valence-corrected chi connectivity index (χ4v) is 2.51. The highest BCUT2D eigenvalue weighted by atomic mass is 32.2. The van der Waals surface area contributed by atoms with Crippen LogP contribution in [0.1, 0.15) is 5.69 Å². The number of thiocarbonyl (C=S) groups is 1.